The Kier molecular flexibility index (Phi) is 4.25. The van der Waals surface area contributed by atoms with Crippen LogP contribution >= 0.6 is 11.8 Å². The molecule has 0 fully saturated rings. The van der Waals surface area contributed by atoms with Crippen molar-refractivity contribution in [2.75, 3.05) is 7.11 Å². The highest BCUT2D eigenvalue weighted by molar-refractivity contribution is 7.99. The van der Waals surface area contributed by atoms with E-state index in [1.54, 1.807) is 31.1 Å². The molecule has 1 heterocycles. The molecule has 5 nitrogen and oxygen atoms in total. The van der Waals surface area contributed by atoms with E-state index in [1.165, 1.54) is 0 Å². The molecule has 0 spiro atoms. The molecule has 0 saturated heterocycles. The number of aromatic nitrogens is 1. The standard InChI is InChI=1S/C13H13N3O2S/c1-18-9-2-4-10(5-3-9)19-11-6-7-15-12(8-11)13(14)16-17/h2-8,17H,1H3,(H2,14,16). The Hall–Kier alpha value is -2.21. The zero-order chi connectivity index (χ0) is 13.7. The van der Waals surface area contributed by atoms with Gasteiger partial charge in [-0.15, -0.1) is 0 Å². The molecule has 1 aromatic carbocycles. The lowest BCUT2D eigenvalue weighted by Gasteiger charge is -2.04. The summed E-state index contributed by atoms with van der Waals surface area (Å²) in [5, 5.41) is 11.6. The molecule has 19 heavy (non-hydrogen) atoms. The summed E-state index contributed by atoms with van der Waals surface area (Å²) in [4.78, 5) is 6.06. The fourth-order valence-corrected chi connectivity index (χ4v) is 2.29. The maximum atomic E-state index is 8.63. The lowest BCUT2D eigenvalue weighted by Crippen LogP contribution is -2.14. The first-order chi connectivity index (χ1) is 9.22. The number of methoxy groups -OCH3 is 1. The summed E-state index contributed by atoms with van der Waals surface area (Å²) in [5.41, 5.74) is 5.95. The van der Waals surface area contributed by atoms with Gasteiger partial charge in [0.05, 0.1) is 7.11 Å². The Morgan fingerprint density at radius 1 is 1.26 bits per heavy atom. The van der Waals surface area contributed by atoms with Gasteiger partial charge in [0.2, 0.25) is 0 Å². The van der Waals surface area contributed by atoms with Gasteiger partial charge in [-0.25, -0.2) is 0 Å². The topological polar surface area (TPSA) is 80.7 Å². The Morgan fingerprint density at radius 2 is 2.00 bits per heavy atom. The first kappa shape index (κ1) is 13.2. The second-order valence-electron chi connectivity index (χ2n) is 3.64. The lowest BCUT2D eigenvalue weighted by atomic mass is 10.3. The smallest absolute Gasteiger partial charge is 0.188 e. The molecule has 2 rings (SSSR count). The third-order valence-corrected chi connectivity index (χ3v) is 3.39. The molecule has 1 aromatic heterocycles. The zero-order valence-corrected chi connectivity index (χ0v) is 11.1. The van der Waals surface area contributed by atoms with Gasteiger partial charge in [-0.3, -0.25) is 4.98 Å². The van der Waals surface area contributed by atoms with E-state index >= 15 is 0 Å². The number of ether oxygens (including phenoxy) is 1. The van der Waals surface area contributed by atoms with Gasteiger partial charge in [0, 0.05) is 16.0 Å². The third-order valence-electron chi connectivity index (χ3n) is 2.40. The Bertz CT molecular complexity index is 585. The largest absolute Gasteiger partial charge is 0.497 e. The van der Waals surface area contributed by atoms with Gasteiger partial charge in [0.15, 0.2) is 5.84 Å². The quantitative estimate of drug-likeness (QED) is 0.387. The summed E-state index contributed by atoms with van der Waals surface area (Å²) >= 11 is 1.56. The molecule has 0 atom stereocenters. The number of hydrogen-bond donors (Lipinski definition) is 2. The highest BCUT2D eigenvalue weighted by atomic mass is 32.2. The van der Waals surface area contributed by atoms with Crippen molar-refractivity contribution >= 4 is 17.6 Å². The highest BCUT2D eigenvalue weighted by Gasteiger charge is 2.04. The maximum Gasteiger partial charge on any atom is 0.188 e. The van der Waals surface area contributed by atoms with Crippen LogP contribution in [-0.2, 0) is 0 Å². The van der Waals surface area contributed by atoms with Crippen molar-refractivity contribution in [1.29, 1.82) is 0 Å². The van der Waals surface area contributed by atoms with Crippen LogP contribution in [0.25, 0.3) is 0 Å². The second-order valence-corrected chi connectivity index (χ2v) is 4.79. The normalized spacial score (nSPS) is 11.3. The van der Waals surface area contributed by atoms with Crippen molar-refractivity contribution in [2.45, 2.75) is 9.79 Å². The number of nitrogens with two attached hydrogens (primary N) is 1. The zero-order valence-electron chi connectivity index (χ0n) is 10.3. The fourth-order valence-electron chi connectivity index (χ4n) is 1.45. The van der Waals surface area contributed by atoms with E-state index in [1.807, 2.05) is 30.3 Å². The van der Waals surface area contributed by atoms with Crippen molar-refractivity contribution in [2.24, 2.45) is 10.9 Å². The summed E-state index contributed by atoms with van der Waals surface area (Å²) in [7, 11) is 1.63. The van der Waals surface area contributed by atoms with Crippen LogP contribution in [0.5, 0.6) is 5.75 Å². The molecular formula is C13H13N3O2S. The van der Waals surface area contributed by atoms with E-state index in [0.29, 0.717) is 5.69 Å². The van der Waals surface area contributed by atoms with E-state index in [-0.39, 0.29) is 5.84 Å². The summed E-state index contributed by atoms with van der Waals surface area (Å²) in [6.45, 7) is 0. The first-order valence-corrected chi connectivity index (χ1v) is 6.30. The average molecular weight is 275 g/mol. The van der Waals surface area contributed by atoms with Crippen molar-refractivity contribution in [1.82, 2.24) is 4.98 Å². The van der Waals surface area contributed by atoms with Gasteiger partial charge < -0.3 is 15.7 Å². The number of nitrogens with zero attached hydrogens (tertiary/aromatic N) is 2. The van der Waals surface area contributed by atoms with Crippen LogP contribution in [0.4, 0.5) is 0 Å². The third kappa shape index (κ3) is 3.38. The van der Waals surface area contributed by atoms with E-state index in [2.05, 4.69) is 10.1 Å². The van der Waals surface area contributed by atoms with Crippen molar-refractivity contribution in [3.8, 4) is 5.75 Å². The van der Waals surface area contributed by atoms with E-state index in [4.69, 9.17) is 15.7 Å². The molecule has 0 bridgehead atoms. The summed E-state index contributed by atoms with van der Waals surface area (Å²) in [6, 6.07) is 11.4. The fraction of sp³-hybridized carbons (Fsp3) is 0.0769. The van der Waals surface area contributed by atoms with Crippen molar-refractivity contribution in [3.05, 3.63) is 48.3 Å². The predicted molar refractivity (Wildman–Crippen MR) is 73.9 cm³/mol. The average Bonchev–Trinajstić information content (AvgIpc) is 2.47. The molecule has 0 unspecified atom stereocenters. The summed E-state index contributed by atoms with van der Waals surface area (Å²) in [5.74, 6) is 0.814. The van der Waals surface area contributed by atoms with Crippen LogP contribution in [0.3, 0.4) is 0 Å². The highest BCUT2D eigenvalue weighted by Crippen LogP contribution is 2.28. The Balaban J connectivity index is 2.18. The molecule has 0 aliphatic heterocycles. The van der Waals surface area contributed by atoms with E-state index in [0.717, 1.165) is 15.5 Å². The summed E-state index contributed by atoms with van der Waals surface area (Å²) < 4.78 is 5.11. The summed E-state index contributed by atoms with van der Waals surface area (Å²) in [6.07, 6.45) is 1.62. The molecule has 98 valence electrons. The lowest BCUT2D eigenvalue weighted by molar-refractivity contribution is 0.318. The second kappa shape index (κ2) is 6.10. The number of oxime groups is 1. The Labute approximate surface area is 115 Å². The van der Waals surface area contributed by atoms with Crippen LogP contribution in [0.15, 0.2) is 57.5 Å². The van der Waals surface area contributed by atoms with Gasteiger partial charge in [0.1, 0.15) is 11.4 Å². The van der Waals surface area contributed by atoms with Crippen LogP contribution in [0, 0.1) is 0 Å². The van der Waals surface area contributed by atoms with Crippen LogP contribution in [0.2, 0.25) is 0 Å². The van der Waals surface area contributed by atoms with Gasteiger partial charge in [-0.05, 0) is 36.4 Å². The molecule has 2 aromatic rings. The molecule has 3 N–H and O–H groups in total. The van der Waals surface area contributed by atoms with Gasteiger partial charge in [0.25, 0.3) is 0 Å². The number of benzene rings is 1. The Morgan fingerprint density at radius 3 is 2.63 bits per heavy atom. The number of pyridine rings is 1. The molecule has 0 saturated carbocycles. The molecule has 0 aliphatic carbocycles. The van der Waals surface area contributed by atoms with Gasteiger partial charge >= 0.3 is 0 Å². The van der Waals surface area contributed by atoms with E-state index < -0.39 is 0 Å². The predicted octanol–water partition coefficient (Wildman–Crippen LogP) is 2.34. The number of hydrogen-bond acceptors (Lipinski definition) is 5. The van der Waals surface area contributed by atoms with Crippen LogP contribution < -0.4 is 10.5 Å². The van der Waals surface area contributed by atoms with Crippen LogP contribution in [0.1, 0.15) is 5.69 Å². The molecular weight excluding hydrogens is 262 g/mol. The van der Waals surface area contributed by atoms with E-state index in [9.17, 15) is 0 Å². The molecule has 0 aliphatic rings. The van der Waals surface area contributed by atoms with Gasteiger partial charge in [-0.2, -0.15) is 0 Å². The molecule has 0 amide bonds. The minimum Gasteiger partial charge on any atom is -0.497 e. The van der Waals surface area contributed by atoms with Crippen molar-refractivity contribution in [3.63, 3.8) is 0 Å². The number of rotatable bonds is 4. The van der Waals surface area contributed by atoms with Crippen molar-refractivity contribution < 1.29 is 9.94 Å². The SMILES string of the molecule is COc1ccc(Sc2ccnc(C(N)=NO)c2)cc1. The van der Waals surface area contributed by atoms with Crippen LogP contribution in [-0.4, -0.2) is 23.1 Å². The maximum absolute atomic E-state index is 8.63. The minimum absolute atomic E-state index is 0.00261. The first-order valence-electron chi connectivity index (χ1n) is 5.49. The molecule has 6 heteroatoms. The molecule has 0 radical (unpaired) electrons. The monoisotopic (exact) mass is 275 g/mol. The van der Waals surface area contributed by atoms with Gasteiger partial charge in [-0.1, -0.05) is 16.9 Å². The minimum atomic E-state index is -0.00261. The number of amidine groups is 1.